The molecule has 7 nitrogen and oxygen atoms in total. The smallest absolute Gasteiger partial charge is 0.345 e. The Labute approximate surface area is 223 Å². The van der Waals surface area contributed by atoms with Crippen LogP contribution in [-0.2, 0) is 4.79 Å². The van der Waals surface area contributed by atoms with Gasteiger partial charge in [-0.3, -0.25) is 4.79 Å². The van der Waals surface area contributed by atoms with Gasteiger partial charge < -0.3 is 14.2 Å². The number of rotatable bonds is 9. The van der Waals surface area contributed by atoms with Crippen LogP contribution in [0.2, 0.25) is 10.0 Å². The number of amides is 1. The van der Waals surface area contributed by atoms with Gasteiger partial charge in [-0.25, -0.2) is 10.2 Å². The molecule has 0 aliphatic carbocycles. The lowest BCUT2D eigenvalue weighted by atomic mass is 10.1. The predicted octanol–water partition coefficient (Wildman–Crippen LogP) is 6.29. The zero-order valence-corrected chi connectivity index (χ0v) is 21.3. The molecular weight excluding hydrogens is 515 g/mol. The summed E-state index contributed by atoms with van der Waals surface area (Å²) in [5, 5.41) is 6.51. The molecule has 37 heavy (non-hydrogen) atoms. The summed E-state index contributed by atoms with van der Waals surface area (Å²) in [6.45, 7) is 1.95. The second kappa shape index (κ2) is 12.3. The summed E-state index contributed by atoms with van der Waals surface area (Å²) < 4.78 is 16.8. The molecule has 4 aromatic carbocycles. The van der Waals surface area contributed by atoms with E-state index in [1.807, 2.05) is 42.5 Å². The maximum Gasteiger partial charge on any atom is 0.345 e. The topological polar surface area (TPSA) is 86.2 Å². The van der Waals surface area contributed by atoms with Gasteiger partial charge >= 0.3 is 5.97 Å². The summed E-state index contributed by atoms with van der Waals surface area (Å²) in [6, 6.07) is 22.8. The van der Waals surface area contributed by atoms with E-state index in [4.69, 9.17) is 37.4 Å². The largest absolute Gasteiger partial charge is 0.490 e. The van der Waals surface area contributed by atoms with E-state index in [1.165, 1.54) is 18.3 Å². The maximum atomic E-state index is 12.6. The summed E-state index contributed by atoms with van der Waals surface area (Å²) in [5.74, 6) is 0.0868. The molecule has 0 unspecified atom stereocenters. The third-order valence-electron chi connectivity index (χ3n) is 5.13. The van der Waals surface area contributed by atoms with Gasteiger partial charge in [0.05, 0.1) is 23.4 Å². The molecule has 0 aromatic heterocycles. The number of ether oxygens (including phenoxy) is 3. The first-order valence-corrected chi connectivity index (χ1v) is 12.1. The number of hydrogen-bond acceptors (Lipinski definition) is 6. The van der Waals surface area contributed by atoms with Gasteiger partial charge in [0.25, 0.3) is 5.91 Å². The Bertz CT molecular complexity index is 1470. The van der Waals surface area contributed by atoms with E-state index >= 15 is 0 Å². The summed E-state index contributed by atoms with van der Waals surface area (Å²) in [6.07, 6.45) is 1.44. The van der Waals surface area contributed by atoms with Crippen molar-refractivity contribution in [1.82, 2.24) is 5.43 Å². The number of hydrogen-bond donors (Lipinski definition) is 1. The first-order valence-electron chi connectivity index (χ1n) is 11.3. The molecule has 9 heteroatoms. The highest BCUT2D eigenvalue weighted by atomic mass is 35.5. The first kappa shape index (κ1) is 26.0. The SMILES string of the molecule is CCOc1cc(/C=N\NC(=O)COc2cccc3ccccc23)ccc1OC(=O)c1ccc(Cl)cc1Cl. The van der Waals surface area contributed by atoms with E-state index in [9.17, 15) is 9.59 Å². The van der Waals surface area contributed by atoms with E-state index in [-0.39, 0.29) is 22.9 Å². The van der Waals surface area contributed by atoms with Crippen LogP contribution in [0.1, 0.15) is 22.8 Å². The number of hydrazone groups is 1. The van der Waals surface area contributed by atoms with Gasteiger partial charge in [0.2, 0.25) is 0 Å². The van der Waals surface area contributed by atoms with Crippen LogP contribution in [0.15, 0.2) is 84.0 Å². The minimum absolute atomic E-state index is 0.174. The van der Waals surface area contributed by atoms with E-state index in [2.05, 4.69) is 10.5 Å². The molecule has 0 spiro atoms. The lowest BCUT2D eigenvalue weighted by molar-refractivity contribution is -0.123. The normalized spacial score (nSPS) is 10.9. The van der Waals surface area contributed by atoms with Gasteiger partial charge in [0.15, 0.2) is 18.1 Å². The van der Waals surface area contributed by atoms with Crippen molar-refractivity contribution in [2.75, 3.05) is 13.2 Å². The third-order valence-corrected chi connectivity index (χ3v) is 5.68. The molecule has 0 fully saturated rings. The van der Waals surface area contributed by atoms with Gasteiger partial charge in [-0.1, -0.05) is 59.6 Å². The lowest BCUT2D eigenvalue weighted by Gasteiger charge is -2.12. The van der Waals surface area contributed by atoms with Crippen molar-refractivity contribution in [3.05, 3.63) is 100 Å². The first-order chi connectivity index (χ1) is 17.9. The number of carbonyl (C=O) groups is 2. The Morgan fingerprint density at radius 2 is 1.70 bits per heavy atom. The molecule has 0 aliphatic heterocycles. The van der Waals surface area contributed by atoms with Crippen LogP contribution < -0.4 is 19.6 Å². The van der Waals surface area contributed by atoms with Crippen molar-refractivity contribution in [3.8, 4) is 17.2 Å². The van der Waals surface area contributed by atoms with Crippen LogP contribution in [0.5, 0.6) is 17.2 Å². The second-order valence-electron chi connectivity index (χ2n) is 7.71. The molecule has 0 atom stereocenters. The van der Waals surface area contributed by atoms with Gasteiger partial charge in [-0.2, -0.15) is 5.10 Å². The van der Waals surface area contributed by atoms with Crippen molar-refractivity contribution in [2.24, 2.45) is 5.10 Å². The second-order valence-corrected chi connectivity index (χ2v) is 8.56. The Hall–Kier alpha value is -4.07. The summed E-state index contributed by atoms with van der Waals surface area (Å²) in [7, 11) is 0. The minimum Gasteiger partial charge on any atom is -0.490 e. The van der Waals surface area contributed by atoms with Crippen LogP contribution in [0.4, 0.5) is 0 Å². The molecule has 4 aromatic rings. The quantitative estimate of drug-likeness (QED) is 0.117. The number of carbonyl (C=O) groups excluding carboxylic acids is 2. The number of esters is 1. The fraction of sp³-hybridized carbons (Fsp3) is 0.107. The zero-order chi connectivity index (χ0) is 26.2. The number of halogens is 2. The molecule has 188 valence electrons. The van der Waals surface area contributed by atoms with Gasteiger partial charge in [0.1, 0.15) is 5.75 Å². The molecule has 0 aliphatic rings. The van der Waals surface area contributed by atoms with Gasteiger partial charge in [-0.15, -0.1) is 0 Å². The molecule has 0 heterocycles. The van der Waals surface area contributed by atoms with Crippen LogP contribution in [0.3, 0.4) is 0 Å². The molecule has 1 amide bonds. The van der Waals surface area contributed by atoms with E-state index in [0.29, 0.717) is 28.7 Å². The lowest BCUT2D eigenvalue weighted by Crippen LogP contribution is -2.24. The van der Waals surface area contributed by atoms with Crippen molar-refractivity contribution in [2.45, 2.75) is 6.92 Å². The monoisotopic (exact) mass is 536 g/mol. The molecule has 4 rings (SSSR count). The predicted molar refractivity (Wildman–Crippen MR) is 144 cm³/mol. The standard InChI is InChI=1S/C28H22Cl2N2O5/c1-2-35-26-14-18(10-13-25(26)37-28(34)22-12-11-20(29)15-23(22)30)16-31-32-27(33)17-36-24-9-5-7-19-6-3-4-8-21(19)24/h3-16H,2,17H2,1H3,(H,32,33)/b31-16-. The van der Waals surface area contributed by atoms with E-state index < -0.39 is 11.9 Å². The summed E-state index contributed by atoms with van der Waals surface area (Å²) >= 11 is 12.0. The number of nitrogens with zero attached hydrogens (tertiary/aromatic N) is 1. The minimum atomic E-state index is -0.650. The summed E-state index contributed by atoms with van der Waals surface area (Å²) in [5.41, 5.74) is 3.22. The fourth-order valence-corrected chi connectivity index (χ4v) is 3.93. The van der Waals surface area contributed by atoms with Gasteiger partial charge in [0, 0.05) is 10.4 Å². The van der Waals surface area contributed by atoms with Crippen molar-refractivity contribution < 1.29 is 23.8 Å². The highest BCUT2D eigenvalue weighted by molar-refractivity contribution is 6.36. The Balaban J connectivity index is 1.37. The average Bonchev–Trinajstić information content (AvgIpc) is 2.89. The Kier molecular flexibility index (Phi) is 8.61. The Morgan fingerprint density at radius 1 is 0.892 bits per heavy atom. The third kappa shape index (κ3) is 6.78. The van der Waals surface area contributed by atoms with Crippen molar-refractivity contribution in [1.29, 1.82) is 0 Å². The Morgan fingerprint density at radius 3 is 2.51 bits per heavy atom. The number of benzene rings is 4. The number of nitrogens with one attached hydrogen (secondary N) is 1. The summed E-state index contributed by atoms with van der Waals surface area (Å²) in [4.78, 5) is 24.8. The van der Waals surface area contributed by atoms with E-state index in [0.717, 1.165) is 10.8 Å². The molecule has 0 bridgehead atoms. The fourth-order valence-electron chi connectivity index (χ4n) is 3.44. The van der Waals surface area contributed by atoms with E-state index in [1.54, 1.807) is 31.2 Å². The molecular formula is C28H22Cl2N2O5. The van der Waals surface area contributed by atoms with Gasteiger partial charge in [-0.05, 0) is 60.3 Å². The molecule has 0 saturated heterocycles. The van der Waals surface area contributed by atoms with Crippen LogP contribution >= 0.6 is 23.2 Å². The van der Waals surface area contributed by atoms with Crippen LogP contribution in [0.25, 0.3) is 10.8 Å². The molecule has 1 N–H and O–H groups in total. The van der Waals surface area contributed by atoms with Crippen LogP contribution in [0, 0.1) is 0 Å². The highest BCUT2D eigenvalue weighted by Crippen LogP contribution is 2.30. The molecule has 0 saturated carbocycles. The van der Waals surface area contributed by atoms with Crippen molar-refractivity contribution in [3.63, 3.8) is 0 Å². The highest BCUT2D eigenvalue weighted by Gasteiger charge is 2.16. The number of fused-ring (bicyclic) bond motifs is 1. The zero-order valence-electron chi connectivity index (χ0n) is 19.7. The van der Waals surface area contributed by atoms with Crippen LogP contribution in [-0.4, -0.2) is 31.3 Å². The average molecular weight is 537 g/mol. The molecule has 0 radical (unpaired) electrons. The maximum absolute atomic E-state index is 12.6. The van der Waals surface area contributed by atoms with Crippen molar-refractivity contribution >= 4 is 52.1 Å².